The molecule has 49 heavy (non-hydrogen) atoms. The van der Waals surface area contributed by atoms with Crippen molar-refractivity contribution in [3.8, 4) is 11.5 Å². The van der Waals surface area contributed by atoms with Gasteiger partial charge in [0, 0.05) is 5.92 Å². The number of hydrogen-bond donors (Lipinski definition) is 0. The average Bonchev–Trinajstić information content (AvgIpc) is 3.14. The molecule has 0 N–H and O–H groups in total. The van der Waals surface area contributed by atoms with Crippen LogP contribution in [-0.4, -0.2) is 30.8 Å². The average molecular weight is 665 g/mol. The monoisotopic (exact) mass is 664 g/mol. The lowest BCUT2D eigenvalue weighted by atomic mass is 9.73. The van der Waals surface area contributed by atoms with Crippen LogP contribution in [0, 0.1) is 11.8 Å². The Labute approximate surface area is 287 Å². The first-order chi connectivity index (χ1) is 24.0. The second kappa shape index (κ2) is 16.7. The van der Waals surface area contributed by atoms with Crippen molar-refractivity contribution >= 4 is 0 Å². The van der Waals surface area contributed by atoms with Gasteiger partial charge in [-0.05, 0) is 46.5 Å². The molecule has 0 bridgehead atoms. The molecule has 0 spiro atoms. The Balaban J connectivity index is 1.25. The first kappa shape index (κ1) is 34.3. The second-order valence-electron chi connectivity index (χ2n) is 12.4. The predicted octanol–water partition coefficient (Wildman–Crippen LogP) is 9.30. The van der Waals surface area contributed by atoms with Crippen LogP contribution in [0.25, 0.3) is 0 Å². The number of hydrogen-bond acceptors (Lipinski definition) is 5. The van der Waals surface area contributed by atoms with Crippen LogP contribution in [0.2, 0.25) is 0 Å². The summed E-state index contributed by atoms with van der Waals surface area (Å²) in [6.45, 7) is 2.62. The number of alkyl halides is 2. The lowest BCUT2D eigenvalue weighted by Gasteiger charge is -2.49. The van der Waals surface area contributed by atoms with Gasteiger partial charge < -0.3 is 23.7 Å². The zero-order valence-electron chi connectivity index (χ0n) is 27.6. The van der Waals surface area contributed by atoms with Crippen molar-refractivity contribution in [2.45, 2.75) is 57.6 Å². The summed E-state index contributed by atoms with van der Waals surface area (Å²) in [5.41, 5.74) is 3.72. The third-order valence-corrected chi connectivity index (χ3v) is 8.92. The van der Waals surface area contributed by atoms with E-state index >= 15 is 8.78 Å². The van der Waals surface area contributed by atoms with E-state index in [4.69, 9.17) is 23.7 Å². The van der Waals surface area contributed by atoms with Gasteiger partial charge in [-0.2, -0.15) is 0 Å². The molecule has 7 heteroatoms. The van der Waals surface area contributed by atoms with Gasteiger partial charge in [0.1, 0.15) is 24.2 Å². The van der Waals surface area contributed by atoms with E-state index in [-0.39, 0.29) is 26.4 Å². The molecule has 5 atom stereocenters. The molecule has 1 saturated carbocycles. The quantitative estimate of drug-likeness (QED) is 0.112. The molecule has 5 aromatic rings. The fourth-order valence-electron chi connectivity index (χ4n) is 6.25. The molecule has 5 nitrogen and oxygen atoms in total. The van der Waals surface area contributed by atoms with Crippen LogP contribution >= 0.6 is 0 Å². The smallest absolute Gasteiger partial charge is 0.294 e. The van der Waals surface area contributed by atoms with Gasteiger partial charge in [0.2, 0.25) is 0 Å². The molecule has 0 aliphatic heterocycles. The van der Waals surface area contributed by atoms with E-state index < -0.39 is 36.1 Å². The van der Waals surface area contributed by atoms with Crippen molar-refractivity contribution in [3.05, 3.63) is 168 Å². The lowest BCUT2D eigenvalue weighted by molar-refractivity contribution is -0.274. The maximum absolute atomic E-state index is 17.1. The molecule has 0 aromatic heterocycles. The molecule has 1 fully saturated rings. The summed E-state index contributed by atoms with van der Waals surface area (Å²) >= 11 is 0. The van der Waals surface area contributed by atoms with Crippen LogP contribution in [0.5, 0.6) is 11.5 Å². The molecule has 0 heterocycles. The van der Waals surface area contributed by atoms with Crippen molar-refractivity contribution < 1.29 is 32.5 Å². The van der Waals surface area contributed by atoms with Gasteiger partial charge >= 0.3 is 0 Å². The summed E-state index contributed by atoms with van der Waals surface area (Å²) in [6.07, 6.45) is -3.47. The van der Waals surface area contributed by atoms with Crippen molar-refractivity contribution in [2.24, 2.45) is 11.8 Å². The van der Waals surface area contributed by atoms with Crippen molar-refractivity contribution in [3.63, 3.8) is 0 Å². The highest BCUT2D eigenvalue weighted by Crippen LogP contribution is 2.46. The topological polar surface area (TPSA) is 46.2 Å². The van der Waals surface area contributed by atoms with E-state index in [1.54, 1.807) is 24.3 Å². The van der Waals surface area contributed by atoms with E-state index in [0.717, 1.165) is 22.3 Å². The molecule has 6 rings (SSSR count). The lowest BCUT2D eigenvalue weighted by Crippen LogP contribution is -2.65. The Morgan fingerprint density at radius 2 is 0.939 bits per heavy atom. The Morgan fingerprint density at radius 1 is 0.510 bits per heavy atom. The van der Waals surface area contributed by atoms with Gasteiger partial charge in [0.05, 0.1) is 38.4 Å². The molecule has 1 aliphatic rings. The second-order valence-corrected chi connectivity index (χ2v) is 12.4. The van der Waals surface area contributed by atoms with Gasteiger partial charge in [-0.25, -0.2) is 8.78 Å². The maximum Gasteiger partial charge on any atom is 0.294 e. The highest BCUT2D eigenvalue weighted by molar-refractivity contribution is 5.32. The molecule has 1 aliphatic carbocycles. The maximum atomic E-state index is 17.1. The van der Waals surface area contributed by atoms with E-state index in [9.17, 15) is 0 Å². The summed E-state index contributed by atoms with van der Waals surface area (Å²) in [6, 6.07) is 45.3. The number of ether oxygens (including phenoxy) is 5. The van der Waals surface area contributed by atoms with Gasteiger partial charge in [0.15, 0.2) is 6.10 Å². The van der Waals surface area contributed by atoms with Gasteiger partial charge in [0.25, 0.3) is 5.92 Å². The minimum absolute atomic E-state index is 0.151. The van der Waals surface area contributed by atoms with Crippen LogP contribution in [0.4, 0.5) is 8.78 Å². The Hall–Kier alpha value is -4.56. The summed E-state index contributed by atoms with van der Waals surface area (Å²) in [7, 11) is 0. The van der Waals surface area contributed by atoms with Crippen molar-refractivity contribution in [1.29, 1.82) is 0 Å². The molecule has 0 radical (unpaired) electrons. The fourth-order valence-corrected chi connectivity index (χ4v) is 6.25. The van der Waals surface area contributed by atoms with Crippen LogP contribution in [0.15, 0.2) is 146 Å². The summed E-state index contributed by atoms with van der Waals surface area (Å²) in [4.78, 5) is 0. The normalized spacial score (nSPS) is 21.6. The SMILES string of the molecule is CC1[C@@H](OCc2ccccc2)[C@@H](Oc2ccc(OCc3ccccc3)cc2)C(F)(F)[C@H](COCc2ccccc2)[C@H]1OCc1ccccc1. The zero-order valence-corrected chi connectivity index (χ0v) is 27.6. The van der Waals surface area contributed by atoms with Crippen LogP contribution in [0.3, 0.4) is 0 Å². The summed E-state index contributed by atoms with van der Waals surface area (Å²) < 4.78 is 65.0. The third-order valence-electron chi connectivity index (χ3n) is 8.92. The molecule has 0 saturated heterocycles. The van der Waals surface area contributed by atoms with Crippen LogP contribution in [0.1, 0.15) is 29.2 Å². The van der Waals surface area contributed by atoms with Crippen molar-refractivity contribution in [2.75, 3.05) is 6.61 Å². The number of benzene rings is 5. The molecular formula is C42H42F2O5. The number of rotatable bonds is 15. The molecule has 254 valence electrons. The predicted molar refractivity (Wildman–Crippen MR) is 185 cm³/mol. The molecule has 0 amide bonds. The van der Waals surface area contributed by atoms with E-state index in [2.05, 4.69) is 0 Å². The first-order valence-corrected chi connectivity index (χ1v) is 16.7. The number of halogens is 2. The van der Waals surface area contributed by atoms with Gasteiger partial charge in [-0.1, -0.05) is 128 Å². The Bertz CT molecular complexity index is 1670. The summed E-state index contributed by atoms with van der Waals surface area (Å²) in [5, 5.41) is 0. The standard InChI is InChI=1S/C42H42F2O5/c1-31-39(47-28-34-18-10-4-11-19-34)38(30-45-26-32-14-6-2-7-15-32)42(43,44)41(40(31)48-29-35-20-12-5-13-21-35)49-37-24-22-36(23-25-37)46-27-33-16-8-3-9-17-33/h2-25,31,38-41H,26-30H2,1H3/t31?,38-,39+,40-,41-/m1/s1. The summed E-state index contributed by atoms with van der Waals surface area (Å²) in [5.74, 6) is -4.24. The van der Waals surface area contributed by atoms with Gasteiger partial charge in [-0.15, -0.1) is 0 Å². The first-order valence-electron chi connectivity index (χ1n) is 16.7. The molecule has 1 unspecified atom stereocenters. The fraction of sp³-hybridized carbons (Fsp3) is 0.286. The zero-order chi connectivity index (χ0) is 33.9. The largest absolute Gasteiger partial charge is 0.489 e. The molecular weight excluding hydrogens is 622 g/mol. The van der Waals surface area contributed by atoms with E-state index in [1.165, 1.54) is 0 Å². The molecule has 5 aromatic carbocycles. The van der Waals surface area contributed by atoms with Crippen molar-refractivity contribution in [1.82, 2.24) is 0 Å². The minimum Gasteiger partial charge on any atom is -0.489 e. The van der Waals surface area contributed by atoms with Gasteiger partial charge in [-0.3, -0.25) is 0 Å². The minimum atomic E-state index is -3.38. The van der Waals surface area contributed by atoms with E-state index in [0.29, 0.717) is 18.1 Å². The third kappa shape index (κ3) is 9.12. The van der Waals surface area contributed by atoms with Crippen LogP contribution in [-0.2, 0) is 40.6 Å². The van der Waals surface area contributed by atoms with Crippen LogP contribution < -0.4 is 9.47 Å². The highest BCUT2D eigenvalue weighted by atomic mass is 19.3. The van der Waals surface area contributed by atoms with E-state index in [1.807, 2.05) is 128 Å². The Morgan fingerprint density at radius 3 is 1.45 bits per heavy atom. The Kier molecular flexibility index (Phi) is 11.7. The highest BCUT2D eigenvalue weighted by Gasteiger charge is 2.63.